The number of hydrogen-bond donors (Lipinski definition) is 1. The Morgan fingerprint density at radius 3 is 0.800 bits per heavy atom. The summed E-state index contributed by atoms with van der Waals surface area (Å²) in [5.41, 5.74) is -5.53. The molecule has 0 amide bonds. The van der Waals surface area contributed by atoms with Gasteiger partial charge in [0.05, 0.1) is 0 Å². The van der Waals surface area contributed by atoms with Crippen molar-refractivity contribution in [1.82, 2.24) is 0 Å². The number of halogens is 3. The third kappa shape index (κ3) is 17.9. The van der Waals surface area contributed by atoms with Gasteiger partial charge in [-0.05, 0) is 51.4 Å². The van der Waals surface area contributed by atoms with E-state index in [9.17, 15) is 13.2 Å². The molecule has 25 heavy (non-hydrogen) atoms. The molecule has 0 spiro atoms. The minimum atomic E-state index is -5.84. The predicted octanol–water partition coefficient (Wildman–Crippen LogP) is 5.74. The molecule has 3 nitrogen and oxygen atoms in total. The molecule has 0 bridgehead atoms. The van der Waals surface area contributed by atoms with E-state index in [0.29, 0.717) is 0 Å². The summed E-state index contributed by atoms with van der Waals surface area (Å²) in [5.74, 6) is 0. The fourth-order valence-electron chi connectivity index (χ4n) is 1.71. The minimum Gasteiger partial charge on any atom is -0.279 e. The van der Waals surface area contributed by atoms with Crippen LogP contribution in [0.2, 0.25) is 0 Å². The number of hydrogen-bond acceptors (Lipinski definition) is 2. The summed E-state index contributed by atoms with van der Waals surface area (Å²) in [6.45, 7) is 0. The molecule has 0 saturated heterocycles. The van der Waals surface area contributed by atoms with Crippen LogP contribution in [0, 0.1) is 0 Å². The Bertz CT molecular complexity index is 456. The molecule has 2 rings (SSSR count). The van der Waals surface area contributed by atoms with Gasteiger partial charge in [-0.25, -0.2) is 0 Å². The second-order valence-electron chi connectivity index (χ2n) is 5.12. The van der Waals surface area contributed by atoms with Crippen molar-refractivity contribution < 1.29 is 45.6 Å². The third-order valence-electron chi connectivity index (χ3n) is 2.96. The molecule has 0 aliphatic heterocycles. The summed E-state index contributed by atoms with van der Waals surface area (Å²) in [5, 5.41) is 0. The van der Waals surface area contributed by atoms with Crippen molar-refractivity contribution in [2.75, 3.05) is 0 Å². The number of allylic oxidation sites excluding steroid dienone is 8. The van der Waals surface area contributed by atoms with Crippen LogP contribution in [0.4, 0.5) is 13.2 Å². The van der Waals surface area contributed by atoms with E-state index >= 15 is 0 Å². The van der Waals surface area contributed by atoms with Crippen LogP contribution in [0.1, 0.15) is 51.4 Å². The Morgan fingerprint density at radius 1 is 0.600 bits per heavy atom. The maximum atomic E-state index is 10.7. The molecule has 2 aliphatic rings. The summed E-state index contributed by atoms with van der Waals surface area (Å²) in [4.78, 5) is 0. The maximum absolute atomic E-state index is 10.7. The second kappa shape index (κ2) is 15.5. The fraction of sp³-hybridized carbons (Fsp3) is 0.529. The Kier molecular flexibility index (Phi) is 16.5. The van der Waals surface area contributed by atoms with Gasteiger partial charge in [0.15, 0.2) is 0 Å². The van der Waals surface area contributed by atoms with E-state index in [0.717, 1.165) is 0 Å². The molecular weight excluding hydrogens is 444 g/mol. The Balaban J connectivity index is 0. The van der Waals surface area contributed by atoms with Gasteiger partial charge >= 0.3 is 15.6 Å². The van der Waals surface area contributed by atoms with E-state index in [4.69, 9.17) is 13.0 Å². The van der Waals surface area contributed by atoms with E-state index in [-0.39, 0.29) is 19.5 Å². The van der Waals surface area contributed by atoms with Crippen molar-refractivity contribution in [2.24, 2.45) is 0 Å². The van der Waals surface area contributed by atoms with E-state index < -0.39 is 15.6 Å². The zero-order chi connectivity index (χ0) is 18.3. The summed E-state index contributed by atoms with van der Waals surface area (Å²) in [6.07, 6.45) is 28.0. The van der Waals surface area contributed by atoms with Gasteiger partial charge in [-0.2, -0.15) is 21.6 Å². The molecule has 0 heterocycles. The third-order valence-corrected chi connectivity index (χ3v) is 3.54. The van der Waals surface area contributed by atoms with Crippen LogP contribution in [-0.4, -0.2) is 18.5 Å². The summed E-state index contributed by atoms with van der Waals surface area (Å²) < 4.78 is 57.5. The topological polar surface area (TPSA) is 54.4 Å². The average molecular weight is 469 g/mol. The SMILES string of the molecule is C1=CCC/C=C\CC1.C1=CCC/C=C\CC1.O=S(=O)(O)C(F)(F)F.[Rh]. The van der Waals surface area contributed by atoms with E-state index in [1.54, 1.807) is 0 Å². The second-order valence-corrected chi connectivity index (χ2v) is 6.53. The standard InChI is InChI=1S/2C8H12.CHF3O3S.Rh/c2*1-2-4-6-8-7-5-3-1;2-1(3,4)8(5,6)7;/h2*1-2,7-8H,3-6H2;(H,5,6,7);/b2*2-1-,8-7?;;. The zero-order valence-electron chi connectivity index (χ0n) is 13.9. The smallest absolute Gasteiger partial charge is 0.279 e. The van der Waals surface area contributed by atoms with Crippen LogP contribution in [-0.2, 0) is 29.6 Å². The molecular formula is C17H25F3O3RhS. The first-order valence-electron chi connectivity index (χ1n) is 7.89. The van der Waals surface area contributed by atoms with Crippen LogP contribution in [0.15, 0.2) is 48.6 Å². The van der Waals surface area contributed by atoms with E-state index in [1.807, 2.05) is 0 Å². The van der Waals surface area contributed by atoms with Gasteiger partial charge in [-0.15, -0.1) is 0 Å². The molecule has 1 radical (unpaired) electrons. The van der Waals surface area contributed by atoms with Gasteiger partial charge in [-0.1, -0.05) is 48.6 Å². The van der Waals surface area contributed by atoms with Crippen molar-refractivity contribution >= 4 is 10.1 Å². The monoisotopic (exact) mass is 469 g/mol. The molecule has 0 unspecified atom stereocenters. The van der Waals surface area contributed by atoms with Gasteiger partial charge in [0.25, 0.3) is 0 Å². The van der Waals surface area contributed by atoms with Gasteiger partial charge in [0, 0.05) is 19.5 Å². The number of rotatable bonds is 0. The molecule has 0 fully saturated rings. The normalized spacial score (nSPS) is 19.8. The molecule has 1 N–H and O–H groups in total. The van der Waals surface area contributed by atoms with E-state index in [2.05, 4.69) is 48.6 Å². The molecule has 0 aromatic rings. The summed E-state index contributed by atoms with van der Waals surface area (Å²) >= 11 is 0. The van der Waals surface area contributed by atoms with Gasteiger partial charge < -0.3 is 0 Å². The van der Waals surface area contributed by atoms with Gasteiger partial charge in [0.1, 0.15) is 0 Å². The maximum Gasteiger partial charge on any atom is 0.522 e. The Hall–Kier alpha value is -0.717. The van der Waals surface area contributed by atoms with Crippen molar-refractivity contribution in [3.63, 3.8) is 0 Å². The molecule has 147 valence electrons. The Morgan fingerprint density at radius 2 is 0.720 bits per heavy atom. The predicted molar refractivity (Wildman–Crippen MR) is 91.1 cm³/mol. The molecule has 2 aliphatic carbocycles. The van der Waals surface area contributed by atoms with Crippen LogP contribution in [0.5, 0.6) is 0 Å². The van der Waals surface area contributed by atoms with Crippen molar-refractivity contribution in [3.8, 4) is 0 Å². The van der Waals surface area contributed by atoms with Crippen LogP contribution in [0.25, 0.3) is 0 Å². The van der Waals surface area contributed by atoms with Crippen LogP contribution < -0.4 is 0 Å². The molecule has 0 atom stereocenters. The molecule has 0 aromatic carbocycles. The van der Waals surface area contributed by atoms with Crippen LogP contribution in [0.3, 0.4) is 0 Å². The van der Waals surface area contributed by atoms with Gasteiger partial charge in [0.2, 0.25) is 0 Å². The van der Waals surface area contributed by atoms with Crippen molar-refractivity contribution in [2.45, 2.75) is 56.9 Å². The average Bonchev–Trinajstić information content (AvgIpc) is 2.35. The largest absolute Gasteiger partial charge is 0.522 e. The summed E-state index contributed by atoms with van der Waals surface area (Å²) in [7, 11) is -5.84. The molecule has 0 aromatic heterocycles. The number of alkyl halides is 3. The zero-order valence-corrected chi connectivity index (χ0v) is 16.4. The van der Waals surface area contributed by atoms with E-state index in [1.165, 1.54) is 51.4 Å². The molecule has 8 heteroatoms. The first-order valence-corrected chi connectivity index (χ1v) is 9.33. The van der Waals surface area contributed by atoms with Crippen molar-refractivity contribution in [3.05, 3.63) is 48.6 Å². The van der Waals surface area contributed by atoms with Crippen molar-refractivity contribution in [1.29, 1.82) is 0 Å². The Labute approximate surface area is 161 Å². The van der Waals surface area contributed by atoms with Crippen LogP contribution >= 0.6 is 0 Å². The minimum absolute atomic E-state index is 0. The summed E-state index contributed by atoms with van der Waals surface area (Å²) in [6, 6.07) is 0. The van der Waals surface area contributed by atoms with Gasteiger partial charge in [-0.3, -0.25) is 4.55 Å². The molecule has 0 saturated carbocycles. The first-order chi connectivity index (χ1) is 11.2. The fourth-order valence-corrected chi connectivity index (χ4v) is 1.71. The quantitative estimate of drug-likeness (QED) is 0.213. The first kappa shape index (κ1) is 26.5.